The largest absolute Gasteiger partial charge is 0.469 e. The van der Waals surface area contributed by atoms with E-state index in [0.717, 1.165) is 12.2 Å². The first-order chi connectivity index (χ1) is 7.63. The molecule has 0 spiro atoms. The number of furan rings is 1. The third kappa shape index (κ3) is 2.29. The zero-order chi connectivity index (χ0) is 11.7. The Bertz CT molecular complexity index is 487. The van der Waals surface area contributed by atoms with Crippen molar-refractivity contribution < 1.29 is 4.42 Å². The molecule has 4 heteroatoms. The fraction of sp³-hybridized carbons (Fsp3) is 0.333. The van der Waals surface area contributed by atoms with E-state index in [1.165, 1.54) is 19.8 Å². The number of hydrogen-bond donors (Lipinski definition) is 0. The lowest BCUT2D eigenvalue weighted by molar-refractivity contribution is 0.512. The molecule has 2 aromatic heterocycles. The van der Waals surface area contributed by atoms with Crippen LogP contribution in [-0.4, -0.2) is 0 Å². The van der Waals surface area contributed by atoms with E-state index >= 15 is 0 Å². The van der Waals surface area contributed by atoms with Gasteiger partial charge in [-0.2, -0.15) is 0 Å². The summed E-state index contributed by atoms with van der Waals surface area (Å²) in [4.78, 5) is 1.56. The second-order valence-electron chi connectivity index (χ2n) is 3.58. The van der Waals surface area contributed by atoms with Crippen LogP contribution in [0.5, 0.6) is 0 Å². The predicted octanol–water partition coefficient (Wildman–Crippen LogP) is 5.46. The molecule has 0 aromatic carbocycles. The molecule has 2 rings (SSSR count). The van der Waals surface area contributed by atoms with Crippen molar-refractivity contribution in [3.63, 3.8) is 0 Å². The molecule has 2 aromatic rings. The number of rotatable bonds is 3. The van der Waals surface area contributed by atoms with E-state index in [1.807, 2.05) is 6.07 Å². The number of thiophene rings is 1. The van der Waals surface area contributed by atoms with Gasteiger partial charge in [0.1, 0.15) is 5.76 Å². The molecule has 0 radical (unpaired) electrons. The van der Waals surface area contributed by atoms with E-state index in [4.69, 9.17) is 4.42 Å². The SMILES string of the molecule is CCc1occc1C(Br)c1cc(Br)sc1C. The van der Waals surface area contributed by atoms with Gasteiger partial charge in [-0.05, 0) is 40.5 Å². The third-order valence-corrected chi connectivity index (χ3v) is 5.13. The molecule has 1 unspecified atom stereocenters. The van der Waals surface area contributed by atoms with Crippen molar-refractivity contribution in [1.82, 2.24) is 0 Å². The fourth-order valence-corrected chi connectivity index (χ4v) is 4.52. The maximum absolute atomic E-state index is 5.46. The summed E-state index contributed by atoms with van der Waals surface area (Å²) in [6.07, 6.45) is 2.69. The third-order valence-electron chi connectivity index (χ3n) is 2.57. The average molecular weight is 364 g/mol. The van der Waals surface area contributed by atoms with E-state index in [9.17, 15) is 0 Å². The lowest BCUT2D eigenvalue weighted by atomic mass is 10.1. The van der Waals surface area contributed by atoms with Crippen molar-refractivity contribution in [3.8, 4) is 0 Å². The summed E-state index contributed by atoms with van der Waals surface area (Å²) in [7, 11) is 0. The van der Waals surface area contributed by atoms with Crippen LogP contribution in [0.3, 0.4) is 0 Å². The van der Waals surface area contributed by atoms with Crippen molar-refractivity contribution in [1.29, 1.82) is 0 Å². The molecule has 0 N–H and O–H groups in total. The molecule has 0 amide bonds. The van der Waals surface area contributed by atoms with Gasteiger partial charge in [-0.15, -0.1) is 11.3 Å². The van der Waals surface area contributed by atoms with Gasteiger partial charge in [-0.1, -0.05) is 22.9 Å². The van der Waals surface area contributed by atoms with Gasteiger partial charge in [-0.25, -0.2) is 0 Å². The normalized spacial score (nSPS) is 13.0. The first-order valence-electron chi connectivity index (χ1n) is 5.09. The minimum absolute atomic E-state index is 0.226. The Balaban J connectivity index is 2.38. The smallest absolute Gasteiger partial charge is 0.108 e. The predicted molar refractivity (Wildman–Crippen MR) is 75.6 cm³/mol. The molecular weight excluding hydrogens is 352 g/mol. The highest BCUT2D eigenvalue weighted by atomic mass is 79.9. The highest BCUT2D eigenvalue weighted by molar-refractivity contribution is 9.11. The van der Waals surface area contributed by atoms with Gasteiger partial charge in [0.05, 0.1) is 14.9 Å². The number of hydrogen-bond acceptors (Lipinski definition) is 2. The van der Waals surface area contributed by atoms with Crippen molar-refractivity contribution in [2.75, 3.05) is 0 Å². The Labute approximate surface area is 116 Å². The average Bonchev–Trinajstić information content (AvgIpc) is 2.83. The zero-order valence-electron chi connectivity index (χ0n) is 9.09. The maximum atomic E-state index is 5.46. The van der Waals surface area contributed by atoms with Gasteiger partial charge in [0.25, 0.3) is 0 Å². The van der Waals surface area contributed by atoms with E-state index < -0.39 is 0 Å². The monoisotopic (exact) mass is 362 g/mol. The molecule has 2 heterocycles. The van der Waals surface area contributed by atoms with Crippen molar-refractivity contribution in [3.05, 3.63) is 43.9 Å². The molecule has 86 valence electrons. The van der Waals surface area contributed by atoms with E-state index in [0.29, 0.717) is 0 Å². The van der Waals surface area contributed by atoms with Crippen LogP contribution in [-0.2, 0) is 6.42 Å². The Morgan fingerprint density at radius 1 is 1.44 bits per heavy atom. The van der Waals surface area contributed by atoms with Crippen LogP contribution in [0.15, 0.2) is 26.6 Å². The summed E-state index contributed by atoms with van der Waals surface area (Å²) < 4.78 is 6.64. The van der Waals surface area contributed by atoms with Crippen molar-refractivity contribution >= 4 is 43.2 Å². The van der Waals surface area contributed by atoms with Crippen LogP contribution in [0.25, 0.3) is 0 Å². The summed E-state index contributed by atoms with van der Waals surface area (Å²) in [5.41, 5.74) is 2.55. The fourth-order valence-electron chi connectivity index (χ4n) is 1.74. The van der Waals surface area contributed by atoms with Gasteiger partial charge in [0.2, 0.25) is 0 Å². The number of aryl methyl sites for hydroxylation is 2. The standard InChI is InChI=1S/C12H12Br2OS/c1-3-10-8(4-5-15-10)12(14)9-6-11(13)16-7(9)2/h4-6,12H,3H2,1-2H3. The molecule has 0 aliphatic rings. The zero-order valence-corrected chi connectivity index (χ0v) is 13.1. The summed E-state index contributed by atoms with van der Waals surface area (Å²) >= 11 is 9.04. The molecule has 0 saturated carbocycles. The Kier molecular flexibility index (Phi) is 3.93. The van der Waals surface area contributed by atoms with Gasteiger partial charge < -0.3 is 4.42 Å². The summed E-state index contributed by atoms with van der Waals surface area (Å²) in [5.74, 6) is 1.06. The highest BCUT2D eigenvalue weighted by Gasteiger charge is 2.19. The summed E-state index contributed by atoms with van der Waals surface area (Å²) in [6, 6.07) is 4.22. The molecule has 1 nitrogen and oxygen atoms in total. The quantitative estimate of drug-likeness (QED) is 0.660. The van der Waals surface area contributed by atoms with Crippen LogP contribution in [0, 0.1) is 6.92 Å². The second-order valence-corrected chi connectivity index (χ2v) is 7.13. The molecule has 16 heavy (non-hydrogen) atoms. The number of alkyl halides is 1. The molecular formula is C12H12Br2OS. The molecule has 0 aliphatic carbocycles. The van der Waals surface area contributed by atoms with Gasteiger partial charge >= 0.3 is 0 Å². The first-order valence-corrected chi connectivity index (χ1v) is 7.62. The first kappa shape index (κ1) is 12.4. The molecule has 1 atom stereocenters. The van der Waals surface area contributed by atoms with Crippen molar-refractivity contribution in [2.45, 2.75) is 25.1 Å². The second kappa shape index (κ2) is 5.07. The topological polar surface area (TPSA) is 13.1 Å². The summed E-state index contributed by atoms with van der Waals surface area (Å²) in [5, 5.41) is 0. The van der Waals surface area contributed by atoms with Gasteiger partial charge in [-0.3, -0.25) is 0 Å². The van der Waals surface area contributed by atoms with Gasteiger partial charge in [0, 0.05) is 16.9 Å². The van der Waals surface area contributed by atoms with Crippen LogP contribution in [0.4, 0.5) is 0 Å². The highest BCUT2D eigenvalue weighted by Crippen LogP contribution is 2.40. The van der Waals surface area contributed by atoms with Crippen LogP contribution < -0.4 is 0 Å². The Morgan fingerprint density at radius 2 is 2.19 bits per heavy atom. The maximum Gasteiger partial charge on any atom is 0.108 e. The number of halogens is 2. The Hall–Kier alpha value is -0.0600. The van der Waals surface area contributed by atoms with Crippen molar-refractivity contribution in [2.24, 2.45) is 0 Å². The molecule has 0 aliphatic heterocycles. The lowest BCUT2D eigenvalue weighted by Crippen LogP contribution is -1.94. The van der Waals surface area contributed by atoms with Crippen LogP contribution >= 0.6 is 43.2 Å². The summed E-state index contributed by atoms with van der Waals surface area (Å²) in [6.45, 7) is 4.25. The van der Waals surface area contributed by atoms with Gasteiger partial charge in [0.15, 0.2) is 0 Å². The van der Waals surface area contributed by atoms with Crippen LogP contribution in [0.1, 0.15) is 33.5 Å². The Morgan fingerprint density at radius 3 is 2.75 bits per heavy atom. The minimum Gasteiger partial charge on any atom is -0.469 e. The van der Waals surface area contributed by atoms with E-state index in [-0.39, 0.29) is 4.83 Å². The molecule has 0 fully saturated rings. The minimum atomic E-state index is 0.226. The van der Waals surface area contributed by atoms with Crippen LogP contribution in [0.2, 0.25) is 0 Å². The van der Waals surface area contributed by atoms with E-state index in [2.05, 4.69) is 51.8 Å². The molecule has 0 bridgehead atoms. The lowest BCUT2D eigenvalue weighted by Gasteiger charge is -2.09. The molecule has 0 saturated heterocycles. The van der Waals surface area contributed by atoms with E-state index in [1.54, 1.807) is 17.6 Å².